The highest BCUT2D eigenvalue weighted by Crippen LogP contribution is 2.41. The number of anilines is 1. The van der Waals surface area contributed by atoms with Crippen molar-refractivity contribution in [3.05, 3.63) is 47.4 Å². The Balaban J connectivity index is 1.78. The summed E-state index contributed by atoms with van der Waals surface area (Å²) in [5.74, 6) is -1.07. The van der Waals surface area contributed by atoms with Gasteiger partial charge < -0.3 is 10.1 Å². The Morgan fingerprint density at radius 3 is 2.78 bits per heavy atom. The molecule has 142 valence electrons. The summed E-state index contributed by atoms with van der Waals surface area (Å²) < 4.78 is 49.8. The smallest absolute Gasteiger partial charge is 0.418 e. The lowest BCUT2D eigenvalue weighted by atomic mass is 10.1. The van der Waals surface area contributed by atoms with Crippen LogP contribution in [-0.4, -0.2) is 21.6 Å². The molecule has 6 nitrogen and oxygen atoms in total. The van der Waals surface area contributed by atoms with Crippen LogP contribution < -0.4 is 14.8 Å². The highest BCUT2D eigenvalue weighted by molar-refractivity contribution is 8.10. The van der Waals surface area contributed by atoms with Crippen LogP contribution in [0.25, 0.3) is 0 Å². The largest absolute Gasteiger partial charge is 0.489 e. The maximum atomic E-state index is 13.8. The Labute approximate surface area is 157 Å². The second-order valence-corrected chi connectivity index (χ2v) is 6.99. The fourth-order valence-corrected chi connectivity index (χ4v) is 3.29. The van der Waals surface area contributed by atoms with E-state index >= 15 is 0 Å². The molecule has 2 aromatic rings. The van der Waals surface area contributed by atoms with Gasteiger partial charge in [-0.05, 0) is 49.4 Å². The van der Waals surface area contributed by atoms with Crippen molar-refractivity contribution in [2.24, 2.45) is 4.99 Å². The van der Waals surface area contributed by atoms with Gasteiger partial charge in [0.15, 0.2) is 0 Å². The summed E-state index contributed by atoms with van der Waals surface area (Å²) in [5, 5.41) is 2.98. The van der Waals surface area contributed by atoms with Gasteiger partial charge in [0.1, 0.15) is 17.3 Å². The van der Waals surface area contributed by atoms with Crippen LogP contribution in [0.4, 0.5) is 19.0 Å². The van der Waals surface area contributed by atoms with Crippen molar-refractivity contribution in [3.63, 3.8) is 0 Å². The zero-order chi connectivity index (χ0) is 19.1. The number of rotatable bonds is 5. The number of aliphatic imine (C=N–C) groups is 1. The standard InChI is InChI=1S/C17H16F3N5OS/c1-10-3-2-6-21-15(10)24-17(23-9-27-25-17)14-13(16(18,19)20)7-12(8-22-14)26-11-4-5-11/h2-3,6-9,11,25H,4-5H2,1H3,(H,21,24). The molecule has 0 bridgehead atoms. The molecule has 1 aliphatic carbocycles. The molecule has 0 aromatic carbocycles. The van der Waals surface area contributed by atoms with Gasteiger partial charge in [-0.1, -0.05) is 6.07 Å². The molecule has 1 unspecified atom stereocenters. The highest BCUT2D eigenvalue weighted by Gasteiger charge is 2.46. The maximum absolute atomic E-state index is 13.8. The number of hydrogen-bond acceptors (Lipinski definition) is 7. The molecule has 2 aromatic heterocycles. The van der Waals surface area contributed by atoms with Crippen LogP contribution in [0.2, 0.25) is 0 Å². The molecule has 1 aliphatic heterocycles. The lowest BCUT2D eigenvalue weighted by Crippen LogP contribution is -2.44. The summed E-state index contributed by atoms with van der Waals surface area (Å²) in [5.41, 5.74) is 1.01. The topological polar surface area (TPSA) is 71.4 Å². The molecule has 0 amide bonds. The van der Waals surface area contributed by atoms with E-state index in [4.69, 9.17) is 4.74 Å². The van der Waals surface area contributed by atoms with Crippen LogP contribution in [0.1, 0.15) is 29.7 Å². The first-order valence-corrected chi connectivity index (χ1v) is 9.16. The minimum atomic E-state index is -4.62. The summed E-state index contributed by atoms with van der Waals surface area (Å²) in [4.78, 5) is 12.5. The summed E-state index contributed by atoms with van der Waals surface area (Å²) in [7, 11) is 0. The Hall–Kier alpha value is -2.33. The van der Waals surface area contributed by atoms with Gasteiger partial charge in [0.2, 0.25) is 5.79 Å². The summed E-state index contributed by atoms with van der Waals surface area (Å²) >= 11 is 1.07. The Bertz CT molecular complexity index is 887. The molecule has 0 saturated heterocycles. The average Bonchev–Trinajstić information content (AvgIpc) is 3.31. The van der Waals surface area contributed by atoms with Gasteiger partial charge >= 0.3 is 6.18 Å². The number of aromatic nitrogens is 2. The average molecular weight is 395 g/mol. The SMILES string of the molecule is Cc1cccnc1NC1(c2ncc(OC3CC3)cc2C(F)(F)F)N=CSN1. The van der Waals surface area contributed by atoms with E-state index in [-0.39, 0.29) is 17.5 Å². The second-order valence-electron chi connectivity index (χ2n) is 6.34. The predicted molar refractivity (Wildman–Crippen MR) is 96.4 cm³/mol. The lowest BCUT2D eigenvalue weighted by molar-refractivity contribution is -0.139. The minimum absolute atomic E-state index is 0.0276. The van der Waals surface area contributed by atoms with Gasteiger partial charge in [0.25, 0.3) is 0 Å². The molecular weight excluding hydrogens is 379 g/mol. The monoisotopic (exact) mass is 395 g/mol. The maximum Gasteiger partial charge on any atom is 0.418 e. The molecule has 3 heterocycles. The molecule has 0 spiro atoms. The van der Waals surface area contributed by atoms with Gasteiger partial charge in [0, 0.05) is 6.20 Å². The van der Waals surface area contributed by atoms with Crippen LogP contribution in [0.3, 0.4) is 0 Å². The normalized spacial score (nSPS) is 22.1. The Morgan fingerprint density at radius 1 is 1.33 bits per heavy atom. The Kier molecular flexibility index (Phi) is 4.47. The molecule has 27 heavy (non-hydrogen) atoms. The fourth-order valence-electron chi connectivity index (χ4n) is 2.65. The van der Waals surface area contributed by atoms with Crippen molar-refractivity contribution in [1.82, 2.24) is 14.7 Å². The number of nitrogens with zero attached hydrogens (tertiary/aromatic N) is 3. The third kappa shape index (κ3) is 3.72. The van der Waals surface area contributed by atoms with E-state index < -0.39 is 17.5 Å². The molecule has 10 heteroatoms. The van der Waals surface area contributed by atoms with E-state index in [0.717, 1.165) is 36.4 Å². The predicted octanol–water partition coefficient (Wildman–Crippen LogP) is 3.85. The quantitative estimate of drug-likeness (QED) is 0.750. The number of halogens is 3. The zero-order valence-corrected chi connectivity index (χ0v) is 15.1. The molecule has 0 radical (unpaired) electrons. The van der Waals surface area contributed by atoms with Crippen molar-refractivity contribution >= 4 is 23.3 Å². The van der Waals surface area contributed by atoms with E-state index in [9.17, 15) is 13.2 Å². The van der Waals surface area contributed by atoms with Gasteiger partial charge in [-0.15, -0.1) is 0 Å². The number of alkyl halides is 3. The van der Waals surface area contributed by atoms with Crippen molar-refractivity contribution in [2.45, 2.75) is 37.8 Å². The summed E-state index contributed by atoms with van der Waals surface area (Å²) in [6.45, 7) is 1.81. The van der Waals surface area contributed by atoms with Gasteiger partial charge in [-0.25, -0.2) is 14.7 Å². The summed E-state index contributed by atoms with van der Waals surface area (Å²) in [6.07, 6.45) is -0.104. The van der Waals surface area contributed by atoms with Crippen molar-refractivity contribution < 1.29 is 17.9 Å². The summed E-state index contributed by atoms with van der Waals surface area (Å²) in [6, 6.07) is 4.53. The molecule has 1 atom stereocenters. The van der Waals surface area contributed by atoms with E-state index in [1.807, 2.05) is 0 Å². The van der Waals surface area contributed by atoms with Crippen molar-refractivity contribution in [2.75, 3.05) is 5.32 Å². The fraction of sp³-hybridized carbons (Fsp3) is 0.353. The molecule has 2 aliphatic rings. The Morgan fingerprint density at radius 2 is 2.15 bits per heavy atom. The zero-order valence-electron chi connectivity index (χ0n) is 14.2. The first-order valence-electron chi connectivity index (χ1n) is 8.28. The first kappa shape index (κ1) is 18.1. The second kappa shape index (κ2) is 6.68. The third-order valence-electron chi connectivity index (χ3n) is 4.15. The molecular formula is C17H16F3N5OS. The van der Waals surface area contributed by atoms with E-state index in [2.05, 4.69) is 25.0 Å². The number of aryl methyl sites for hydroxylation is 1. The molecule has 1 fully saturated rings. The third-order valence-corrected chi connectivity index (χ3v) is 4.78. The number of nitrogens with one attached hydrogen (secondary N) is 2. The van der Waals surface area contributed by atoms with Gasteiger partial charge in [-0.3, -0.25) is 4.98 Å². The highest BCUT2D eigenvalue weighted by atomic mass is 32.2. The number of ether oxygens (including phenoxy) is 1. The van der Waals surface area contributed by atoms with E-state index in [1.165, 1.54) is 11.7 Å². The van der Waals surface area contributed by atoms with Crippen LogP contribution in [-0.2, 0) is 12.0 Å². The van der Waals surface area contributed by atoms with Crippen LogP contribution >= 0.6 is 11.9 Å². The first-order chi connectivity index (χ1) is 12.9. The molecule has 4 rings (SSSR count). The molecule has 2 N–H and O–H groups in total. The lowest BCUT2D eigenvalue weighted by Gasteiger charge is -2.30. The number of hydrogen-bond donors (Lipinski definition) is 2. The van der Waals surface area contributed by atoms with Crippen molar-refractivity contribution in [3.8, 4) is 5.75 Å². The van der Waals surface area contributed by atoms with Gasteiger partial charge in [0.05, 0.1) is 23.4 Å². The van der Waals surface area contributed by atoms with Crippen molar-refractivity contribution in [1.29, 1.82) is 0 Å². The molecule has 1 saturated carbocycles. The van der Waals surface area contributed by atoms with Crippen LogP contribution in [0.5, 0.6) is 5.75 Å². The van der Waals surface area contributed by atoms with E-state index in [1.54, 1.807) is 25.3 Å². The van der Waals surface area contributed by atoms with Crippen LogP contribution in [0.15, 0.2) is 35.6 Å². The van der Waals surface area contributed by atoms with Gasteiger partial charge in [-0.2, -0.15) is 13.2 Å². The van der Waals surface area contributed by atoms with E-state index in [0.29, 0.717) is 5.82 Å². The van der Waals surface area contributed by atoms with Crippen LogP contribution in [0, 0.1) is 6.92 Å². The minimum Gasteiger partial charge on any atom is -0.489 e. The number of pyridine rings is 2.